The third-order valence-corrected chi connectivity index (χ3v) is 5.88. The number of hydrogen-bond donors (Lipinski definition) is 2. The molecule has 0 aromatic carbocycles. The molecule has 0 radical (unpaired) electrons. The Bertz CT molecular complexity index is 898. The summed E-state index contributed by atoms with van der Waals surface area (Å²) in [6.07, 6.45) is 6.84. The van der Waals surface area contributed by atoms with Gasteiger partial charge in [-0.1, -0.05) is 0 Å². The lowest BCUT2D eigenvalue weighted by molar-refractivity contribution is -0.118. The van der Waals surface area contributed by atoms with Crippen LogP contribution in [0.3, 0.4) is 0 Å². The van der Waals surface area contributed by atoms with Gasteiger partial charge >= 0.3 is 0 Å². The van der Waals surface area contributed by atoms with E-state index in [0.717, 1.165) is 31.9 Å². The Kier molecular flexibility index (Phi) is 5.24. The smallest absolute Gasteiger partial charge is 0.256 e. The Morgan fingerprint density at radius 2 is 1.97 bits per heavy atom. The molecule has 3 N–H and O–H groups in total. The first-order valence-electron chi connectivity index (χ1n) is 9.89. The summed E-state index contributed by atoms with van der Waals surface area (Å²) < 4.78 is 34.5. The maximum atomic E-state index is 14.4. The van der Waals surface area contributed by atoms with Crippen LogP contribution in [-0.2, 0) is 4.79 Å². The van der Waals surface area contributed by atoms with Gasteiger partial charge in [0.1, 0.15) is 11.5 Å². The second-order valence-electron chi connectivity index (χ2n) is 8.01. The van der Waals surface area contributed by atoms with Gasteiger partial charge in [-0.3, -0.25) is 9.48 Å². The average Bonchev–Trinajstić information content (AvgIpc) is 3.62. The van der Waals surface area contributed by atoms with E-state index in [0.29, 0.717) is 17.4 Å². The van der Waals surface area contributed by atoms with Gasteiger partial charge in [0.25, 0.3) is 5.95 Å². The van der Waals surface area contributed by atoms with Gasteiger partial charge in [0.15, 0.2) is 0 Å². The van der Waals surface area contributed by atoms with E-state index >= 15 is 0 Å². The summed E-state index contributed by atoms with van der Waals surface area (Å²) in [6.45, 7) is 1.71. The molecular formula is C20H25F2N5O2. The lowest BCUT2D eigenvalue weighted by Crippen LogP contribution is -2.43. The van der Waals surface area contributed by atoms with E-state index in [1.165, 1.54) is 24.1 Å². The van der Waals surface area contributed by atoms with Gasteiger partial charge in [0.05, 0.1) is 31.6 Å². The van der Waals surface area contributed by atoms with Crippen LogP contribution in [0, 0.1) is 29.5 Å². The quantitative estimate of drug-likeness (QED) is 0.704. The van der Waals surface area contributed by atoms with Crippen LogP contribution in [0.1, 0.15) is 44.2 Å². The number of amides is 1. The average molecular weight is 405 g/mol. The number of rotatable bonds is 8. The summed E-state index contributed by atoms with van der Waals surface area (Å²) >= 11 is 0. The van der Waals surface area contributed by atoms with Crippen molar-refractivity contribution in [3.05, 3.63) is 35.8 Å². The number of pyridine rings is 1. The van der Waals surface area contributed by atoms with E-state index in [-0.39, 0.29) is 17.5 Å². The number of ether oxygens (including phenoxy) is 1. The van der Waals surface area contributed by atoms with Crippen molar-refractivity contribution in [2.45, 2.75) is 44.7 Å². The lowest BCUT2D eigenvalue weighted by atomic mass is 9.89. The van der Waals surface area contributed by atoms with E-state index in [9.17, 15) is 13.6 Å². The van der Waals surface area contributed by atoms with Crippen LogP contribution in [0.5, 0.6) is 5.88 Å². The predicted molar refractivity (Wildman–Crippen MR) is 102 cm³/mol. The Morgan fingerprint density at radius 3 is 2.55 bits per heavy atom. The maximum Gasteiger partial charge on any atom is 0.256 e. The number of halogens is 2. The lowest BCUT2D eigenvalue weighted by Gasteiger charge is -2.22. The highest BCUT2D eigenvalue weighted by molar-refractivity contribution is 5.94. The number of nitrogens with one attached hydrogen (secondary N) is 1. The van der Waals surface area contributed by atoms with Crippen LogP contribution in [0.15, 0.2) is 18.5 Å². The van der Waals surface area contributed by atoms with E-state index in [1.807, 2.05) is 0 Å². The number of carbonyl (C=O) groups excluding carboxylic acids is 1. The molecule has 0 spiro atoms. The summed E-state index contributed by atoms with van der Waals surface area (Å²) in [4.78, 5) is 16.5. The van der Waals surface area contributed by atoms with Crippen molar-refractivity contribution in [3.8, 4) is 5.88 Å². The number of nitrogens with two attached hydrogens (primary N) is 1. The molecule has 4 rings (SSSR count). The highest BCUT2D eigenvalue weighted by atomic mass is 19.1. The molecule has 0 unspecified atom stereocenters. The number of anilines is 1. The molecule has 2 aromatic rings. The Hall–Kier alpha value is -2.55. The molecule has 29 heavy (non-hydrogen) atoms. The third kappa shape index (κ3) is 4.10. The largest absolute Gasteiger partial charge is 0.481 e. The van der Waals surface area contributed by atoms with Crippen LogP contribution in [0.2, 0.25) is 0 Å². The highest BCUT2D eigenvalue weighted by Crippen LogP contribution is 2.50. The van der Waals surface area contributed by atoms with Gasteiger partial charge in [0, 0.05) is 5.56 Å². The zero-order valence-corrected chi connectivity index (χ0v) is 16.4. The fourth-order valence-corrected chi connectivity index (χ4v) is 4.03. The molecule has 2 saturated carbocycles. The molecule has 156 valence electrons. The van der Waals surface area contributed by atoms with E-state index in [2.05, 4.69) is 15.4 Å². The molecule has 0 aliphatic heterocycles. The highest BCUT2D eigenvalue weighted by Gasteiger charge is 2.46. The summed E-state index contributed by atoms with van der Waals surface area (Å²) in [7, 11) is 1.42. The molecule has 2 heterocycles. The van der Waals surface area contributed by atoms with Crippen molar-refractivity contribution < 1.29 is 18.3 Å². The molecule has 0 bridgehead atoms. The van der Waals surface area contributed by atoms with Crippen LogP contribution >= 0.6 is 0 Å². The number of carbonyl (C=O) groups is 1. The molecule has 0 saturated heterocycles. The molecule has 1 amide bonds. The molecule has 2 aromatic heterocycles. The van der Waals surface area contributed by atoms with E-state index in [4.69, 9.17) is 10.5 Å². The van der Waals surface area contributed by atoms with Crippen molar-refractivity contribution in [2.24, 2.45) is 23.5 Å². The fourth-order valence-electron chi connectivity index (χ4n) is 4.03. The van der Waals surface area contributed by atoms with E-state index in [1.54, 1.807) is 6.92 Å². The molecule has 9 heteroatoms. The summed E-state index contributed by atoms with van der Waals surface area (Å²) in [5.41, 5.74) is 6.58. The Labute approximate surface area is 167 Å². The third-order valence-electron chi connectivity index (χ3n) is 5.88. The van der Waals surface area contributed by atoms with Crippen LogP contribution in [-0.4, -0.2) is 33.8 Å². The second-order valence-corrected chi connectivity index (χ2v) is 8.01. The molecule has 2 aliphatic carbocycles. The zero-order valence-electron chi connectivity index (χ0n) is 16.4. The minimum absolute atomic E-state index is 0.0500. The second kappa shape index (κ2) is 7.70. The van der Waals surface area contributed by atoms with Gasteiger partial charge < -0.3 is 15.8 Å². The van der Waals surface area contributed by atoms with Gasteiger partial charge in [-0.25, -0.2) is 9.37 Å². The van der Waals surface area contributed by atoms with Gasteiger partial charge in [0.2, 0.25) is 11.8 Å². The molecular weight excluding hydrogens is 380 g/mol. The summed E-state index contributed by atoms with van der Waals surface area (Å²) in [5.74, 6) is -0.368. The fraction of sp³-hybridized carbons (Fsp3) is 0.550. The predicted octanol–water partition coefficient (Wildman–Crippen LogP) is 2.88. The number of hydrogen-bond acceptors (Lipinski definition) is 5. The molecule has 2 atom stereocenters. The van der Waals surface area contributed by atoms with Crippen molar-refractivity contribution in [3.63, 3.8) is 0 Å². The molecule has 2 aliphatic rings. The molecule has 7 nitrogen and oxygen atoms in total. The first-order chi connectivity index (χ1) is 13.9. The first-order valence-corrected chi connectivity index (χ1v) is 9.89. The standard InChI is InChI=1S/C20H25F2N5O2/c1-10(14-7-13(21)8-24-20(14)29-2)27-9-15(18(22)26-27)25-19(28)17(23)16(11-3-4-11)12-5-6-12/h7-12,16-17H,3-6,23H2,1-2H3,(H,25,28)/t10-,17-/m0/s1. The normalized spacial score (nSPS) is 18.6. The topological polar surface area (TPSA) is 95.1 Å². The monoisotopic (exact) mass is 405 g/mol. The minimum Gasteiger partial charge on any atom is -0.481 e. The van der Waals surface area contributed by atoms with Crippen molar-refractivity contribution >= 4 is 11.6 Å². The maximum absolute atomic E-state index is 14.4. The van der Waals surface area contributed by atoms with Crippen LogP contribution in [0.25, 0.3) is 0 Å². The summed E-state index contributed by atoms with van der Waals surface area (Å²) in [6, 6.07) is 0.0375. The van der Waals surface area contributed by atoms with Gasteiger partial charge in [-0.05, 0) is 56.4 Å². The van der Waals surface area contributed by atoms with Crippen LogP contribution in [0.4, 0.5) is 14.5 Å². The van der Waals surface area contributed by atoms with Crippen molar-refractivity contribution in [1.29, 1.82) is 0 Å². The molecule has 2 fully saturated rings. The Morgan fingerprint density at radius 1 is 1.31 bits per heavy atom. The zero-order chi connectivity index (χ0) is 20.7. The number of nitrogens with zero attached hydrogens (tertiary/aromatic N) is 3. The van der Waals surface area contributed by atoms with Gasteiger partial charge in [-0.2, -0.15) is 4.39 Å². The Balaban J connectivity index is 1.50. The SMILES string of the molecule is COc1ncc(F)cc1[C@H](C)n1cc(NC(=O)[C@@H](N)C(C2CC2)C2CC2)c(F)n1. The van der Waals surface area contributed by atoms with E-state index < -0.39 is 29.8 Å². The number of aromatic nitrogens is 3. The first kappa shape index (κ1) is 19.8. The van der Waals surface area contributed by atoms with Crippen molar-refractivity contribution in [2.75, 3.05) is 12.4 Å². The van der Waals surface area contributed by atoms with Gasteiger partial charge in [-0.15, -0.1) is 5.10 Å². The van der Waals surface area contributed by atoms with Crippen molar-refractivity contribution in [1.82, 2.24) is 14.8 Å². The minimum atomic E-state index is -0.824. The summed E-state index contributed by atoms with van der Waals surface area (Å²) in [5, 5.41) is 6.41. The number of methoxy groups -OCH3 is 1. The van der Waals surface area contributed by atoms with Crippen LogP contribution < -0.4 is 15.8 Å².